The van der Waals surface area contributed by atoms with Gasteiger partial charge in [0.2, 0.25) is 5.91 Å². The zero-order chi connectivity index (χ0) is 51.4. The zero-order valence-electron chi connectivity index (χ0n) is 47.7. The van der Waals surface area contributed by atoms with Crippen LogP contribution in [0.3, 0.4) is 0 Å². The van der Waals surface area contributed by atoms with Gasteiger partial charge in [0.15, 0.2) is 0 Å². The molecule has 0 rings (SSSR count). The standard InChI is InChI=1S/C65H123NO5/c1-3-5-7-9-11-13-15-17-31-35-39-43-47-51-55-59-65(70)71-60-56-52-48-44-40-36-33-30-28-26-24-22-20-18-19-21-23-25-27-29-32-34-38-42-46-50-54-58-64(69)66-62(61-67)63(68)57-53-49-45-41-37-16-14-12-10-8-6-4-2/h11,13,17-19,31,62-63,67-68H,3-10,12,14-16,20-30,32-61H2,1-2H3,(H,66,69)/b13-11-,19-18-,31-17-. The largest absolute Gasteiger partial charge is 0.466 e. The Labute approximate surface area is 443 Å². The maximum Gasteiger partial charge on any atom is 0.305 e. The third-order valence-corrected chi connectivity index (χ3v) is 14.7. The summed E-state index contributed by atoms with van der Waals surface area (Å²) in [7, 11) is 0. The average Bonchev–Trinajstić information content (AvgIpc) is 3.37. The van der Waals surface area contributed by atoms with Crippen molar-refractivity contribution in [3.05, 3.63) is 36.5 Å². The first-order chi connectivity index (χ1) is 35.0. The minimum atomic E-state index is -0.664. The third-order valence-electron chi connectivity index (χ3n) is 14.7. The molecular weight excluding hydrogens is 875 g/mol. The van der Waals surface area contributed by atoms with E-state index in [1.54, 1.807) is 0 Å². The molecule has 2 atom stereocenters. The fourth-order valence-electron chi connectivity index (χ4n) is 9.78. The molecular formula is C65H123NO5. The van der Waals surface area contributed by atoms with Crippen molar-refractivity contribution in [1.82, 2.24) is 5.32 Å². The minimum absolute atomic E-state index is 0.00106. The maximum atomic E-state index is 12.5. The van der Waals surface area contributed by atoms with E-state index in [-0.39, 0.29) is 18.5 Å². The Morgan fingerprint density at radius 1 is 0.394 bits per heavy atom. The van der Waals surface area contributed by atoms with Crippen molar-refractivity contribution >= 4 is 11.9 Å². The Kier molecular flexibility index (Phi) is 59.0. The van der Waals surface area contributed by atoms with Gasteiger partial charge in [-0.15, -0.1) is 0 Å². The highest BCUT2D eigenvalue weighted by molar-refractivity contribution is 5.76. The van der Waals surface area contributed by atoms with Crippen molar-refractivity contribution in [3.8, 4) is 0 Å². The molecule has 0 heterocycles. The number of rotatable bonds is 59. The quantitative estimate of drug-likeness (QED) is 0.0321. The summed E-state index contributed by atoms with van der Waals surface area (Å²) in [5.41, 5.74) is 0. The normalized spacial score (nSPS) is 12.8. The maximum absolute atomic E-state index is 12.5. The molecule has 418 valence electrons. The van der Waals surface area contributed by atoms with Crippen LogP contribution in [0.1, 0.15) is 341 Å². The second-order valence-corrected chi connectivity index (χ2v) is 21.7. The van der Waals surface area contributed by atoms with Gasteiger partial charge in [0.1, 0.15) is 0 Å². The Balaban J connectivity index is 3.37. The Morgan fingerprint density at radius 2 is 0.704 bits per heavy atom. The Morgan fingerprint density at radius 3 is 1.11 bits per heavy atom. The van der Waals surface area contributed by atoms with Crippen LogP contribution in [-0.2, 0) is 14.3 Å². The smallest absolute Gasteiger partial charge is 0.305 e. The number of aliphatic hydroxyl groups is 2. The minimum Gasteiger partial charge on any atom is -0.466 e. The number of nitrogens with one attached hydrogen (secondary N) is 1. The first-order valence-electron chi connectivity index (χ1n) is 31.7. The van der Waals surface area contributed by atoms with Crippen LogP contribution in [0.4, 0.5) is 0 Å². The van der Waals surface area contributed by atoms with Crippen LogP contribution in [0, 0.1) is 0 Å². The summed E-state index contributed by atoms with van der Waals surface area (Å²) in [5, 5.41) is 23.2. The highest BCUT2D eigenvalue weighted by Gasteiger charge is 2.20. The number of unbranched alkanes of at least 4 members (excludes halogenated alkanes) is 42. The van der Waals surface area contributed by atoms with Crippen molar-refractivity contribution in [2.45, 2.75) is 353 Å². The highest BCUT2D eigenvalue weighted by Crippen LogP contribution is 2.17. The first kappa shape index (κ1) is 69.1. The van der Waals surface area contributed by atoms with Gasteiger partial charge in [-0.3, -0.25) is 9.59 Å². The van der Waals surface area contributed by atoms with Gasteiger partial charge in [-0.2, -0.15) is 0 Å². The van der Waals surface area contributed by atoms with E-state index in [4.69, 9.17) is 4.74 Å². The molecule has 71 heavy (non-hydrogen) atoms. The van der Waals surface area contributed by atoms with E-state index in [9.17, 15) is 19.8 Å². The summed E-state index contributed by atoms with van der Waals surface area (Å²) < 4.78 is 5.48. The lowest BCUT2D eigenvalue weighted by molar-refractivity contribution is -0.143. The van der Waals surface area contributed by atoms with E-state index >= 15 is 0 Å². The van der Waals surface area contributed by atoms with Crippen LogP contribution in [0.15, 0.2) is 36.5 Å². The Bertz CT molecular complexity index is 1150. The number of ether oxygens (including phenoxy) is 1. The molecule has 0 aliphatic rings. The molecule has 0 aliphatic carbocycles. The second kappa shape index (κ2) is 60.6. The van der Waals surface area contributed by atoms with E-state index in [0.717, 1.165) is 51.4 Å². The van der Waals surface area contributed by atoms with Crippen molar-refractivity contribution in [1.29, 1.82) is 0 Å². The van der Waals surface area contributed by atoms with E-state index in [1.807, 2.05) is 0 Å². The number of amides is 1. The predicted octanol–water partition coefficient (Wildman–Crippen LogP) is 20.0. The number of carbonyl (C=O) groups is 2. The zero-order valence-corrected chi connectivity index (χ0v) is 47.7. The molecule has 0 bridgehead atoms. The molecule has 6 nitrogen and oxygen atoms in total. The number of carbonyl (C=O) groups excluding carboxylic acids is 2. The summed E-state index contributed by atoms with van der Waals surface area (Å²) in [4.78, 5) is 24.5. The van der Waals surface area contributed by atoms with Crippen LogP contribution in [0.25, 0.3) is 0 Å². The SMILES string of the molecule is CCCCC/C=C\C/C=C\CCCCCCCC(=O)OCCCCCCCCCCCCCC/C=C\CCCCCCCCCCCCCC(=O)NC(CO)C(O)CCCCCCCCCCCCCC. The van der Waals surface area contributed by atoms with Gasteiger partial charge in [-0.25, -0.2) is 0 Å². The van der Waals surface area contributed by atoms with Crippen molar-refractivity contribution < 1.29 is 24.5 Å². The topological polar surface area (TPSA) is 95.9 Å². The van der Waals surface area contributed by atoms with Crippen LogP contribution < -0.4 is 5.32 Å². The lowest BCUT2D eigenvalue weighted by Crippen LogP contribution is -2.45. The number of esters is 1. The second-order valence-electron chi connectivity index (χ2n) is 21.7. The summed E-state index contributed by atoms with van der Waals surface area (Å²) in [6, 6.07) is -0.541. The van der Waals surface area contributed by atoms with Gasteiger partial charge in [0, 0.05) is 12.8 Å². The lowest BCUT2D eigenvalue weighted by atomic mass is 10.0. The van der Waals surface area contributed by atoms with E-state index < -0.39 is 12.1 Å². The number of aliphatic hydroxyl groups excluding tert-OH is 2. The molecule has 2 unspecified atom stereocenters. The van der Waals surface area contributed by atoms with Crippen LogP contribution in [0.2, 0.25) is 0 Å². The molecule has 6 heteroatoms. The molecule has 3 N–H and O–H groups in total. The molecule has 0 fully saturated rings. The number of allylic oxidation sites excluding steroid dienone is 6. The van der Waals surface area contributed by atoms with Gasteiger partial charge in [-0.1, -0.05) is 281 Å². The van der Waals surface area contributed by atoms with Crippen molar-refractivity contribution in [2.75, 3.05) is 13.2 Å². The summed E-state index contributed by atoms with van der Waals surface area (Å²) in [6.45, 7) is 4.93. The predicted molar refractivity (Wildman–Crippen MR) is 310 cm³/mol. The van der Waals surface area contributed by atoms with Gasteiger partial charge >= 0.3 is 5.97 Å². The molecule has 1 amide bonds. The summed E-state index contributed by atoms with van der Waals surface area (Å²) >= 11 is 0. The van der Waals surface area contributed by atoms with Crippen molar-refractivity contribution in [2.24, 2.45) is 0 Å². The van der Waals surface area contributed by atoms with Gasteiger partial charge < -0.3 is 20.3 Å². The highest BCUT2D eigenvalue weighted by atomic mass is 16.5. The van der Waals surface area contributed by atoms with Crippen LogP contribution >= 0.6 is 0 Å². The lowest BCUT2D eigenvalue weighted by Gasteiger charge is -2.22. The molecule has 0 aromatic heterocycles. The third kappa shape index (κ3) is 57.2. The number of hydrogen-bond donors (Lipinski definition) is 3. The van der Waals surface area contributed by atoms with Gasteiger partial charge in [-0.05, 0) is 83.5 Å². The molecule has 0 aliphatic heterocycles. The van der Waals surface area contributed by atoms with E-state index in [2.05, 4.69) is 55.6 Å². The molecule has 0 saturated heterocycles. The van der Waals surface area contributed by atoms with Gasteiger partial charge in [0.05, 0.1) is 25.4 Å². The fourth-order valence-corrected chi connectivity index (χ4v) is 9.78. The molecule has 0 spiro atoms. The molecule has 0 saturated carbocycles. The van der Waals surface area contributed by atoms with Crippen molar-refractivity contribution in [3.63, 3.8) is 0 Å². The molecule has 0 aromatic rings. The van der Waals surface area contributed by atoms with Crippen LogP contribution in [0.5, 0.6) is 0 Å². The van der Waals surface area contributed by atoms with E-state index in [1.165, 1.54) is 257 Å². The van der Waals surface area contributed by atoms with Crippen LogP contribution in [-0.4, -0.2) is 47.4 Å². The average molecular weight is 999 g/mol. The summed E-state index contributed by atoms with van der Waals surface area (Å²) in [6.07, 6.45) is 75.9. The first-order valence-corrected chi connectivity index (χ1v) is 31.7. The Hall–Kier alpha value is -1.92. The fraction of sp³-hybridized carbons (Fsp3) is 0.877. The van der Waals surface area contributed by atoms with Gasteiger partial charge in [0.25, 0.3) is 0 Å². The summed E-state index contributed by atoms with van der Waals surface area (Å²) in [5.74, 6) is -0.0345. The number of hydrogen-bond acceptors (Lipinski definition) is 5. The van der Waals surface area contributed by atoms with E-state index in [0.29, 0.717) is 25.9 Å². The monoisotopic (exact) mass is 998 g/mol. The molecule has 0 aromatic carbocycles. The molecule has 0 radical (unpaired) electrons.